The van der Waals surface area contributed by atoms with Gasteiger partial charge in [-0.1, -0.05) is 110 Å². The zero-order valence-electron chi connectivity index (χ0n) is 28.4. The summed E-state index contributed by atoms with van der Waals surface area (Å²) in [6, 6.07) is 46.1. The van der Waals surface area contributed by atoms with E-state index >= 15 is 0 Å². The summed E-state index contributed by atoms with van der Waals surface area (Å²) in [6.07, 6.45) is 8.05. The van der Waals surface area contributed by atoms with E-state index in [4.69, 9.17) is 18.8 Å². The second kappa shape index (κ2) is 11.8. The van der Waals surface area contributed by atoms with Crippen LogP contribution in [0.2, 0.25) is 0 Å². The van der Waals surface area contributed by atoms with Crippen LogP contribution in [-0.4, -0.2) is 14.5 Å². The van der Waals surface area contributed by atoms with Crippen molar-refractivity contribution in [3.8, 4) is 33.8 Å². The molecule has 0 aliphatic rings. The van der Waals surface area contributed by atoms with E-state index in [1.807, 2.05) is 79.7 Å². The number of furan rings is 2. The Morgan fingerprint density at radius 2 is 1.27 bits per heavy atom. The van der Waals surface area contributed by atoms with Gasteiger partial charge in [0.25, 0.3) is 0 Å². The van der Waals surface area contributed by atoms with Crippen molar-refractivity contribution in [3.05, 3.63) is 164 Å². The van der Waals surface area contributed by atoms with Gasteiger partial charge in [0.2, 0.25) is 0 Å². The van der Waals surface area contributed by atoms with E-state index in [2.05, 4.69) is 96.1 Å². The molecule has 5 nitrogen and oxygen atoms in total. The lowest BCUT2D eigenvalue weighted by molar-refractivity contribution is 0.667. The fourth-order valence-electron chi connectivity index (χ4n) is 7.52. The third-order valence-electron chi connectivity index (χ3n) is 9.87. The summed E-state index contributed by atoms with van der Waals surface area (Å²) in [5.74, 6) is 0.664. The SMILES string of the molecule is C=C/C=C(\C=C/C)n1c2ccc(-c3ccc4oc5c(-c6ccccc6)nc(-c6ccccc6)nc5c4c3)cc2c2cc3c(cc21)oc1ccccc13. The number of para-hydroxylation sites is 1. The summed E-state index contributed by atoms with van der Waals surface area (Å²) >= 11 is 0. The number of hydrogen-bond acceptors (Lipinski definition) is 4. The molecule has 0 N–H and O–H groups in total. The second-order valence-corrected chi connectivity index (χ2v) is 13.0. The van der Waals surface area contributed by atoms with Gasteiger partial charge in [-0.2, -0.15) is 0 Å². The Kier molecular flexibility index (Phi) is 6.80. The van der Waals surface area contributed by atoms with Crippen molar-refractivity contribution < 1.29 is 8.83 Å². The monoisotopic (exact) mass is 669 g/mol. The standard InChI is InChI=1S/C47H31N3O2/c1-3-13-33(14-4-2)50-39-23-21-31(25-35(39)36-27-37-34-19-11-12-20-41(34)51-43(37)28-40(36)50)32-22-24-42-38(26-32)45-46(52-42)44(29-15-7-5-8-16-29)48-47(49-45)30-17-9-6-10-18-30/h3-28H,1H2,2H3/b14-4-,33-13+. The van der Waals surface area contributed by atoms with Crippen molar-refractivity contribution in [2.75, 3.05) is 0 Å². The number of allylic oxidation sites excluding steroid dienone is 5. The van der Waals surface area contributed by atoms with Crippen LogP contribution in [0, 0.1) is 0 Å². The predicted molar refractivity (Wildman–Crippen MR) is 215 cm³/mol. The van der Waals surface area contributed by atoms with Crippen LogP contribution in [0.15, 0.2) is 173 Å². The van der Waals surface area contributed by atoms with Crippen LogP contribution in [0.5, 0.6) is 0 Å². The van der Waals surface area contributed by atoms with Crippen molar-refractivity contribution in [2.24, 2.45) is 0 Å². The molecule has 0 unspecified atom stereocenters. The third-order valence-corrected chi connectivity index (χ3v) is 9.87. The van der Waals surface area contributed by atoms with Crippen LogP contribution in [0.3, 0.4) is 0 Å². The highest BCUT2D eigenvalue weighted by atomic mass is 16.3. The molecule has 10 aromatic rings. The van der Waals surface area contributed by atoms with Gasteiger partial charge in [0.1, 0.15) is 28.0 Å². The van der Waals surface area contributed by atoms with Gasteiger partial charge in [-0.25, -0.2) is 9.97 Å². The Labute approximate surface area is 299 Å². The summed E-state index contributed by atoms with van der Waals surface area (Å²) < 4.78 is 15.2. The van der Waals surface area contributed by atoms with Crippen molar-refractivity contribution in [1.29, 1.82) is 0 Å². The Balaban J connectivity index is 1.22. The normalized spacial score (nSPS) is 12.4. The molecular formula is C47H31N3O2. The second-order valence-electron chi connectivity index (χ2n) is 13.0. The fourth-order valence-corrected chi connectivity index (χ4v) is 7.52. The van der Waals surface area contributed by atoms with E-state index in [0.29, 0.717) is 11.4 Å². The van der Waals surface area contributed by atoms with E-state index in [1.54, 1.807) is 0 Å². The lowest BCUT2D eigenvalue weighted by Gasteiger charge is -2.09. The maximum Gasteiger partial charge on any atom is 0.180 e. The van der Waals surface area contributed by atoms with Crippen LogP contribution in [-0.2, 0) is 0 Å². The van der Waals surface area contributed by atoms with Crippen LogP contribution >= 0.6 is 0 Å². The Morgan fingerprint density at radius 3 is 2.06 bits per heavy atom. The number of hydrogen-bond donors (Lipinski definition) is 0. The molecule has 4 heterocycles. The van der Waals surface area contributed by atoms with Gasteiger partial charge >= 0.3 is 0 Å². The molecule has 0 amide bonds. The molecule has 0 saturated carbocycles. The maximum absolute atomic E-state index is 6.53. The van der Waals surface area contributed by atoms with Gasteiger partial charge in [-0.3, -0.25) is 0 Å². The van der Waals surface area contributed by atoms with Gasteiger partial charge < -0.3 is 13.4 Å². The molecule has 0 bridgehead atoms. The molecule has 0 radical (unpaired) electrons. The van der Waals surface area contributed by atoms with Gasteiger partial charge in [0.05, 0.1) is 11.0 Å². The van der Waals surface area contributed by atoms with Crippen LogP contribution in [0.4, 0.5) is 0 Å². The lowest BCUT2D eigenvalue weighted by atomic mass is 10.0. The van der Waals surface area contributed by atoms with Crippen LogP contribution in [0.25, 0.3) is 105 Å². The first-order valence-corrected chi connectivity index (χ1v) is 17.4. The lowest BCUT2D eigenvalue weighted by Crippen LogP contribution is -1.94. The van der Waals surface area contributed by atoms with Crippen molar-refractivity contribution >= 4 is 71.5 Å². The minimum Gasteiger partial charge on any atom is -0.456 e. The maximum atomic E-state index is 6.53. The number of nitrogens with zero attached hydrogens (tertiary/aromatic N) is 3. The highest BCUT2D eigenvalue weighted by Crippen LogP contribution is 2.41. The molecule has 6 aromatic carbocycles. The summed E-state index contributed by atoms with van der Waals surface area (Å²) in [4.78, 5) is 10.1. The van der Waals surface area contributed by atoms with E-state index in [9.17, 15) is 0 Å². The highest BCUT2D eigenvalue weighted by Gasteiger charge is 2.20. The van der Waals surface area contributed by atoms with Gasteiger partial charge in [-0.05, 0) is 66.6 Å². The zero-order valence-corrected chi connectivity index (χ0v) is 28.4. The molecule has 0 aliphatic carbocycles. The van der Waals surface area contributed by atoms with E-state index in [0.717, 1.165) is 93.9 Å². The Hall–Kier alpha value is -6.98. The summed E-state index contributed by atoms with van der Waals surface area (Å²) in [5, 5.41) is 5.45. The molecular weight excluding hydrogens is 639 g/mol. The predicted octanol–water partition coefficient (Wildman–Crippen LogP) is 13.0. The molecule has 0 fully saturated rings. The average Bonchev–Trinajstić information content (AvgIpc) is 3.85. The Morgan fingerprint density at radius 1 is 0.577 bits per heavy atom. The smallest absolute Gasteiger partial charge is 0.180 e. The minimum atomic E-state index is 0.664. The molecule has 5 heteroatoms. The first kappa shape index (κ1) is 29.9. The third kappa shape index (κ3) is 4.63. The molecule has 246 valence electrons. The molecule has 0 saturated heterocycles. The molecule has 10 rings (SSSR count). The average molecular weight is 670 g/mol. The van der Waals surface area contributed by atoms with E-state index < -0.39 is 0 Å². The largest absolute Gasteiger partial charge is 0.456 e. The fraction of sp³-hybridized carbons (Fsp3) is 0.0213. The molecule has 0 aliphatic heterocycles. The molecule has 52 heavy (non-hydrogen) atoms. The number of rotatable bonds is 6. The summed E-state index contributed by atoms with van der Waals surface area (Å²) in [5.41, 5.74) is 12.1. The Bertz CT molecular complexity index is 3090. The first-order chi connectivity index (χ1) is 25.7. The van der Waals surface area contributed by atoms with Gasteiger partial charge in [-0.15, -0.1) is 0 Å². The molecule has 0 spiro atoms. The van der Waals surface area contributed by atoms with E-state index in [1.165, 1.54) is 0 Å². The first-order valence-electron chi connectivity index (χ1n) is 17.4. The topological polar surface area (TPSA) is 57.0 Å². The molecule has 0 atom stereocenters. The van der Waals surface area contributed by atoms with Gasteiger partial charge in [0.15, 0.2) is 11.4 Å². The quantitative estimate of drug-likeness (QED) is 0.165. The molecule has 4 aromatic heterocycles. The minimum absolute atomic E-state index is 0.664. The van der Waals surface area contributed by atoms with Crippen LogP contribution in [0.1, 0.15) is 6.92 Å². The van der Waals surface area contributed by atoms with Crippen molar-refractivity contribution in [3.63, 3.8) is 0 Å². The zero-order chi connectivity index (χ0) is 34.8. The number of aromatic nitrogens is 3. The van der Waals surface area contributed by atoms with E-state index in [-0.39, 0.29) is 0 Å². The van der Waals surface area contributed by atoms with Crippen molar-refractivity contribution in [2.45, 2.75) is 6.92 Å². The summed E-state index contributed by atoms with van der Waals surface area (Å²) in [6.45, 7) is 6.05. The van der Waals surface area contributed by atoms with Crippen LogP contribution < -0.4 is 0 Å². The van der Waals surface area contributed by atoms with Crippen molar-refractivity contribution in [1.82, 2.24) is 14.5 Å². The number of fused-ring (bicyclic) bond motifs is 9. The summed E-state index contributed by atoms with van der Waals surface area (Å²) in [7, 11) is 0. The highest BCUT2D eigenvalue weighted by molar-refractivity contribution is 6.18. The van der Waals surface area contributed by atoms with Gasteiger partial charge in [0, 0.05) is 49.8 Å². The number of benzene rings is 6.